The predicted molar refractivity (Wildman–Crippen MR) is 99.1 cm³/mol. The molecule has 2 spiro atoms. The summed E-state index contributed by atoms with van der Waals surface area (Å²) in [5, 5.41) is 21.3. The Kier molecular flexibility index (Phi) is 5.09. The number of rotatable bonds is 4. The molecule has 8 heteroatoms. The number of methoxy groups -OCH3 is 1. The first kappa shape index (κ1) is 20.6. The summed E-state index contributed by atoms with van der Waals surface area (Å²) in [5.74, 6) is -2.64. The Morgan fingerprint density at radius 2 is 2.07 bits per heavy atom. The molecule has 2 unspecified atom stereocenters. The minimum absolute atomic E-state index is 0.113. The zero-order chi connectivity index (χ0) is 20.3. The van der Waals surface area contributed by atoms with Crippen molar-refractivity contribution in [1.82, 2.24) is 0 Å². The van der Waals surface area contributed by atoms with E-state index in [9.17, 15) is 15.0 Å². The Morgan fingerprint density at radius 3 is 2.68 bits per heavy atom. The normalized spacial score (nSPS) is 41.4. The highest BCUT2D eigenvalue weighted by Crippen LogP contribution is 2.67. The maximum atomic E-state index is 12.8. The van der Waals surface area contributed by atoms with Crippen LogP contribution in [0.3, 0.4) is 0 Å². The molecule has 2 saturated carbocycles. The number of ether oxygens (including phenoxy) is 4. The second-order valence-corrected chi connectivity index (χ2v) is 9.62. The predicted octanol–water partition coefficient (Wildman–Crippen LogP) is 1.79. The second-order valence-electron chi connectivity index (χ2n) is 9.40. The van der Waals surface area contributed by atoms with E-state index in [0.29, 0.717) is 32.5 Å². The molecule has 4 aliphatic carbocycles. The van der Waals surface area contributed by atoms with Crippen LogP contribution in [0, 0.1) is 28.6 Å². The first-order valence-corrected chi connectivity index (χ1v) is 10.3. The summed E-state index contributed by atoms with van der Waals surface area (Å²) in [7, 11) is 1.44. The lowest BCUT2D eigenvalue weighted by molar-refractivity contribution is -0.352. The van der Waals surface area contributed by atoms with Gasteiger partial charge in [0.1, 0.15) is 0 Å². The monoisotopic (exact) mass is 416 g/mol. The van der Waals surface area contributed by atoms with Crippen molar-refractivity contribution in [2.24, 2.45) is 28.6 Å². The number of halogens is 1. The first-order valence-electron chi connectivity index (χ1n) is 9.80. The number of hydrogen-bond acceptors (Lipinski definition) is 7. The molecule has 0 aromatic heterocycles. The van der Waals surface area contributed by atoms with Crippen LogP contribution < -0.4 is 0 Å². The number of aliphatic hydroxyl groups excluding tert-OH is 2. The van der Waals surface area contributed by atoms with Gasteiger partial charge in [-0.1, -0.05) is 37.1 Å². The molecule has 6 atom stereocenters. The van der Waals surface area contributed by atoms with Crippen LogP contribution in [0.2, 0.25) is 0 Å². The molecule has 0 radical (unpaired) electrons. The van der Waals surface area contributed by atoms with Crippen molar-refractivity contribution in [3.63, 3.8) is 0 Å². The van der Waals surface area contributed by atoms with Crippen molar-refractivity contribution >= 4 is 17.6 Å². The summed E-state index contributed by atoms with van der Waals surface area (Å²) in [6.45, 7) is 5.16. The van der Waals surface area contributed by atoms with Gasteiger partial charge in [-0.25, -0.2) is 0 Å². The van der Waals surface area contributed by atoms with Gasteiger partial charge < -0.3 is 29.2 Å². The average molecular weight is 417 g/mol. The fourth-order valence-electron chi connectivity index (χ4n) is 5.73. The molecule has 5 aliphatic rings. The molecule has 0 aromatic carbocycles. The van der Waals surface area contributed by atoms with E-state index < -0.39 is 35.5 Å². The average Bonchev–Trinajstić information content (AvgIpc) is 2.97. The van der Waals surface area contributed by atoms with Crippen LogP contribution in [0.4, 0.5) is 0 Å². The highest BCUT2D eigenvalue weighted by atomic mass is 35.5. The lowest BCUT2D eigenvalue weighted by Crippen LogP contribution is -2.64. The van der Waals surface area contributed by atoms with Crippen LogP contribution in [0.5, 0.6) is 0 Å². The van der Waals surface area contributed by atoms with Gasteiger partial charge in [-0.3, -0.25) is 4.79 Å². The van der Waals surface area contributed by atoms with E-state index >= 15 is 0 Å². The van der Waals surface area contributed by atoms with Gasteiger partial charge in [-0.2, -0.15) is 0 Å². The van der Waals surface area contributed by atoms with E-state index in [4.69, 9.17) is 30.5 Å². The summed E-state index contributed by atoms with van der Waals surface area (Å²) in [6.07, 6.45) is 1.43. The van der Waals surface area contributed by atoms with E-state index in [1.54, 1.807) is 0 Å². The second kappa shape index (κ2) is 6.93. The molecule has 0 aromatic rings. The van der Waals surface area contributed by atoms with Crippen LogP contribution in [-0.4, -0.2) is 60.8 Å². The van der Waals surface area contributed by atoms with Crippen LogP contribution in [0.15, 0.2) is 11.6 Å². The van der Waals surface area contributed by atoms with Crippen molar-refractivity contribution in [2.45, 2.75) is 51.3 Å². The Hall–Kier alpha value is -0.700. The van der Waals surface area contributed by atoms with E-state index in [-0.39, 0.29) is 23.3 Å². The standard InChI is InChI=1S/C20H29ClO7/c1-18(2)8-27-20(28-9-18)7-19-6-15(22)13(20)5-12(19)11(16(23)25-3)4-14(19)17(24)26-10-21/h5,11,13-16,22-23H,4,6-10H2,1-3H3/t11-,13-,14+,15?,16?,19-/m1/s1. The molecule has 3 fully saturated rings. The lowest BCUT2D eigenvalue weighted by Gasteiger charge is -2.59. The van der Waals surface area contributed by atoms with Gasteiger partial charge in [0, 0.05) is 30.3 Å². The highest BCUT2D eigenvalue weighted by Gasteiger charge is 2.69. The molecule has 1 saturated heterocycles. The molecule has 158 valence electrons. The minimum atomic E-state index is -1.03. The fraction of sp³-hybridized carbons (Fsp3) is 0.850. The van der Waals surface area contributed by atoms with Crippen molar-refractivity contribution in [3.05, 3.63) is 11.6 Å². The summed E-state index contributed by atoms with van der Waals surface area (Å²) >= 11 is 5.65. The number of esters is 1. The van der Waals surface area contributed by atoms with E-state index in [1.165, 1.54) is 7.11 Å². The largest absolute Gasteiger partial charge is 0.449 e. The lowest BCUT2D eigenvalue weighted by atomic mass is 9.54. The Labute approximate surface area is 169 Å². The van der Waals surface area contributed by atoms with Crippen LogP contribution in [0.1, 0.15) is 33.1 Å². The Morgan fingerprint density at radius 1 is 1.39 bits per heavy atom. The quantitative estimate of drug-likeness (QED) is 0.312. The van der Waals surface area contributed by atoms with Gasteiger partial charge in [0.2, 0.25) is 0 Å². The van der Waals surface area contributed by atoms with E-state index in [0.717, 1.165) is 5.57 Å². The van der Waals surface area contributed by atoms with Crippen molar-refractivity contribution in [2.75, 3.05) is 26.4 Å². The third-order valence-electron chi connectivity index (χ3n) is 7.03. The van der Waals surface area contributed by atoms with E-state index in [1.807, 2.05) is 6.08 Å². The van der Waals surface area contributed by atoms with Crippen molar-refractivity contribution in [3.8, 4) is 0 Å². The number of hydrogen-bond donors (Lipinski definition) is 2. The fourth-order valence-corrected chi connectivity index (χ4v) is 5.84. The van der Waals surface area contributed by atoms with Crippen LogP contribution >= 0.6 is 11.6 Å². The molecule has 1 aliphatic heterocycles. The van der Waals surface area contributed by atoms with Gasteiger partial charge in [0.25, 0.3) is 0 Å². The molecular weight excluding hydrogens is 388 g/mol. The number of fused-ring (bicyclic) bond motifs is 1. The zero-order valence-corrected chi connectivity index (χ0v) is 17.3. The third kappa shape index (κ3) is 2.94. The first-order chi connectivity index (χ1) is 13.2. The number of aliphatic hydroxyl groups is 2. The number of carbonyl (C=O) groups excluding carboxylic acids is 1. The minimum Gasteiger partial charge on any atom is -0.449 e. The molecule has 2 bridgehead atoms. The molecule has 1 heterocycles. The van der Waals surface area contributed by atoms with Crippen molar-refractivity contribution < 1.29 is 34.0 Å². The third-order valence-corrected chi connectivity index (χ3v) is 7.14. The molecule has 0 amide bonds. The maximum absolute atomic E-state index is 12.8. The van der Waals surface area contributed by atoms with Gasteiger partial charge in [-0.05, 0) is 12.8 Å². The Balaban J connectivity index is 1.76. The van der Waals surface area contributed by atoms with Gasteiger partial charge in [-0.15, -0.1) is 0 Å². The molecular formula is C20H29ClO7. The molecule has 7 nitrogen and oxygen atoms in total. The summed E-state index contributed by atoms with van der Waals surface area (Å²) in [5.41, 5.74) is 0.123. The maximum Gasteiger partial charge on any atom is 0.311 e. The zero-order valence-electron chi connectivity index (χ0n) is 16.5. The summed E-state index contributed by atoms with van der Waals surface area (Å²) in [4.78, 5) is 12.8. The van der Waals surface area contributed by atoms with Crippen molar-refractivity contribution in [1.29, 1.82) is 0 Å². The summed E-state index contributed by atoms with van der Waals surface area (Å²) < 4.78 is 22.8. The summed E-state index contributed by atoms with van der Waals surface area (Å²) in [6, 6.07) is -0.237. The smallest absolute Gasteiger partial charge is 0.311 e. The SMILES string of the molecule is COC(O)[C@@H]1C[C@@H](C(=O)OCCl)[C@@]23CC(O)[C@@H](C=C12)C1(C3)OCC(C)(C)CO1. The van der Waals surface area contributed by atoms with Crippen LogP contribution in [0.25, 0.3) is 0 Å². The van der Waals surface area contributed by atoms with Crippen LogP contribution in [-0.2, 0) is 23.7 Å². The number of alkyl halides is 1. The molecule has 2 N–H and O–H groups in total. The van der Waals surface area contributed by atoms with Gasteiger partial charge in [0.15, 0.2) is 18.1 Å². The Bertz CT molecular complexity index is 667. The van der Waals surface area contributed by atoms with Gasteiger partial charge in [0.05, 0.1) is 31.2 Å². The molecule has 5 rings (SSSR count). The topological polar surface area (TPSA) is 94.5 Å². The van der Waals surface area contributed by atoms with E-state index in [2.05, 4.69) is 13.8 Å². The van der Waals surface area contributed by atoms with Gasteiger partial charge >= 0.3 is 5.97 Å². The molecule has 28 heavy (non-hydrogen) atoms. The highest BCUT2D eigenvalue weighted by molar-refractivity contribution is 6.17. The number of carbonyl (C=O) groups is 1.